The molecule has 0 unspecified atom stereocenters. The average Bonchev–Trinajstić information content (AvgIpc) is 2.28. The number of H-pyrrole nitrogens is 1. The molecular weight excluding hydrogens is 263 g/mol. The summed E-state index contributed by atoms with van der Waals surface area (Å²) in [5.74, 6) is 0.277. The topological polar surface area (TPSA) is 84.7 Å². The van der Waals surface area contributed by atoms with Crippen LogP contribution in [-0.2, 0) is 6.54 Å². The van der Waals surface area contributed by atoms with Gasteiger partial charge in [-0.15, -0.1) is 0 Å². The highest BCUT2D eigenvalue weighted by Crippen LogP contribution is 2.24. The molecule has 0 aliphatic heterocycles. The van der Waals surface area contributed by atoms with E-state index in [4.69, 9.17) is 28.9 Å². The van der Waals surface area contributed by atoms with E-state index < -0.39 is 0 Å². The van der Waals surface area contributed by atoms with Gasteiger partial charge in [0.2, 0.25) is 0 Å². The number of nitrogens with one attached hydrogen (secondary N) is 1. The van der Waals surface area contributed by atoms with Crippen LogP contribution in [0, 0.1) is 0 Å². The van der Waals surface area contributed by atoms with Gasteiger partial charge < -0.3 is 10.7 Å². The number of halogens is 2. The summed E-state index contributed by atoms with van der Waals surface area (Å²) in [5.41, 5.74) is 5.97. The number of aromatic nitrogens is 3. The van der Waals surface area contributed by atoms with Gasteiger partial charge in [0.1, 0.15) is 5.69 Å². The molecule has 3 N–H and O–H groups in total. The van der Waals surface area contributed by atoms with Crippen molar-refractivity contribution in [3.05, 3.63) is 44.4 Å². The molecule has 17 heavy (non-hydrogen) atoms. The minimum absolute atomic E-state index is 0.169. The first-order valence-corrected chi connectivity index (χ1v) is 5.47. The van der Waals surface area contributed by atoms with Crippen molar-refractivity contribution in [1.82, 2.24) is 15.0 Å². The number of hydrogen-bond acceptors (Lipinski definition) is 4. The zero-order chi connectivity index (χ0) is 12.4. The highest BCUT2D eigenvalue weighted by atomic mass is 35.5. The Labute approximate surface area is 107 Å². The van der Waals surface area contributed by atoms with Crippen molar-refractivity contribution in [3.8, 4) is 11.5 Å². The van der Waals surface area contributed by atoms with Gasteiger partial charge in [-0.2, -0.15) is 0 Å². The van der Waals surface area contributed by atoms with E-state index in [0.29, 0.717) is 21.4 Å². The van der Waals surface area contributed by atoms with Crippen LogP contribution in [0.1, 0.15) is 5.69 Å². The smallest absolute Gasteiger partial charge is 0.251 e. The van der Waals surface area contributed by atoms with E-state index in [0.717, 1.165) is 0 Å². The Kier molecular flexibility index (Phi) is 3.42. The average molecular weight is 271 g/mol. The first-order valence-electron chi connectivity index (χ1n) is 4.72. The molecule has 0 atom stereocenters. The van der Waals surface area contributed by atoms with E-state index in [1.807, 2.05) is 0 Å². The second-order valence-electron chi connectivity index (χ2n) is 3.27. The van der Waals surface area contributed by atoms with E-state index in [2.05, 4.69) is 15.0 Å². The Bertz CT molecular complexity index is 611. The maximum Gasteiger partial charge on any atom is 0.251 e. The van der Waals surface area contributed by atoms with Crippen molar-refractivity contribution in [1.29, 1.82) is 0 Å². The van der Waals surface area contributed by atoms with Gasteiger partial charge in [0.25, 0.3) is 5.56 Å². The van der Waals surface area contributed by atoms with Gasteiger partial charge in [-0.3, -0.25) is 4.79 Å². The van der Waals surface area contributed by atoms with Gasteiger partial charge in [-0.1, -0.05) is 23.2 Å². The van der Waals surface area contributed by atoms with Crippen LogP contribution in [0.3, 0.4) is 0 Å². The summed E-state index contributed by atoms with van der Waals surface area (Å²) in [6.45, 7) is 0.169. The molecular formula is C10H8Cl2N4O. The standard InChI is InChI=1S/C10H8Cl2N4O/c11-5-1-7(12)9(14-4-5)10-15-6(3-13)2-8(17)16-10/h1-2,4H,3,13H2,(H,15,16,17). The summed E-state index contributed by atoms with van der Waals surface area (Å²) in [7, 11) is 0. The molecule has 0 bridgehead atoms. The second kappa shape index (κ2) is 4.83. The van der Waals surface area contributed by atoms with Crippen molar-refractivity contribution in [2.45, 2.75) is 6.54 Å². The van der Waals surface area contributed by atoms with Gasteiger partial charge >= 0.3 is 0 Å². The Balaban J connectivity index is 2.60. The summed E-state index contributed by atoms with van der Waals surface area (Å²) < 4.78 is 0. The SMILES string of the molecule is NCc1cc(=O)[nH]c(-c2ncc(Cl)cc2Cl)n1. The number of nitrogens with two attached hydrogens (primary N) is 1. The molecule has 0 aromatic carbocycles. The van der Waals surface area contributed by atoms with Gasteiger partial charge in [0.15, 0.2) is 5.82 Å². The largest absolute Gasteiger partial charge is 0.325 e. The molecule has 0 spiro atoms. The first-order chi connectivity index (χ1) is 8.10. The number of aromatic amines is 1. The van der Waals surface area contributed by atoms with Crippen LogP contribution in [0.4, 0.5) is 0 Å². The summed E-state index contributed by atoms with van der Waals surface area (Å²) >= 11 is 11.7. The molecule has 0 aliphatic carbocycles. The van der Waals surface area contributed by atoms with E-state index in [9.17, 15) is 4.79 Å². The summed E-state index contributed by atoms with van der Waals surface area (Å²) in [6, 6.07) is 2.86. The zero-order valence-electron chi connectivity index (χ0n) is 8.58. The Morgan fingerprint density at radius 2 is 2.12 bits per heavy atom. The normalized spacial score (nSPS) is 10.5. The van der Waals surface area contributed by atoms with Crippen LogP contribution in [-0.4, -0.2) is 15.0 Å². The number of nitrogens with zero attached hydrogens (tertiary/aromatic N) is 2. The van der Waals surface area contributed by atoms with Crippen molar-refractivity contribution in [2.24, 2.45) is 5.73 Å². The van der Waals surface area contributed by atoms with Crippen LogP contribution < -0.4 is 11.3 Å². The lowest BCUT2D eigenvalue weighted by Crippen LogP contribution is -2.13. The molecule has 0 saturated heterocycles. The Morgan fingerprint density at radius 1 is 1.35 bits per heavy atom. The molecule has 0 amide bonds. The minimum Gasteiger partial charge on any atom is -0.325 e. The third kappa shape index (κ3) is 2.63. The maximum atomic E-state index is 11.4. The summed E-state index contributed by atoms with van der Waals surface area (Å²) in [6.07, 6.45) is 1.43. The highest BCUT2D eigenvalue weighted by Gasteiger charge is 2.09. The van der Waals surface area contributed by atoms with Crippen LogP contribution in [0.25, 0.3) is 11.5 Å². The lowest BCUT2D eigenvalue weighted by molar-refractivity contribution is 0.951. The van der Waals surface area contributed by atoms with Gasteiger partial charge in [0.05, 0.1) is 15.7 Å². The highest BCUT2D eigenvalue weighted by molar-refractivity contribution is 6.35. The lowest BCUT2D eigenvalue weighted by atomic mass is 10.3. The van der Waals surface area contributed by atoms with Crippen molar-refractivity contribution < 1.29 is 0 Å². The van der Waals surface area contributed by atoms with Crippen LogP contribution in [0.2, 0.25) is 10.0 Å². The van der Waals surface area contributed by atoms with E-state index in [1.54, 1.807) is 0 Å². The molecule has 2 rings (SSSR count). The molecule has 0 fully saturated rings. The van der Waals surface area contributed by atoms with Gasteiger partial charge in [-0.25, -0.2) is 9.97 Å². The van der Waals surface area contributed by atoms with E-state index in [1.165, 1.54) is 18.3 Å². The summed E-state index contributed by atoms with van der Waals surface area (Å²) in [4.78, 5) is 22.1. The van der Waals surface area contributed by atoms with Crippen molar-refractivity contribution in [3.63, 3.8) is 0 Å². The van der Waals surface area contributed by atoms with E-state index in [-0.39, 0.29) is 17.9 Å². The molecule has 88 valence electrons. The fraction of sp³-hybridized carbons (Fsp3) is 0.100. The van der Waals surface area contributed by atoms with Crippen LogP contribution in [0.5, 0.6) is 0 Å². The predicted molar refractivity (Wildman–Crippen MR) is 66.0 cm³/mol. The van der Waals surface area contributed by atoms with Gasteiger partial charge in [-0.05, 0) is 6.07 Å². The fourth-order valence-electron chi connectivity index (χ4n) is 1.31. The fourth-order valence-corrected chi connectivity index (χ4v) is 1.78. The molecule has 2 heterocycles. The second-order valence-corrected chi connectivity index (χ2v) is 4.12. The number of pyridine rings is 1. The monoisotopic (exact) mass is 270 g/mol. The third-order valence-electron chi connectivity index (χ3n) is 2.04. The van der Waals surface area contributed by atoms with Crippen molar-refractivity contribution in [2.75, 3.05) is 0 Å². The van der Waals surface area contributed by atoms with Crippen LogP contribution >= 0.6 is 23.2 Å². The summed E-state index contributed by atoms with van der Waals surface area (Å²) in [5, 5.41) is 0.728. The predicted octanol–water partition coefficient (Wildman–Crippen LogP) is 1.60. The Hall–Kier alpha value is -1.43. The Morgan fingerprint density at radius 3 is 2.76 bits per heavy atom. The van der Waals surface area contributed by atoms with Crippen LogP contribution in [0.15, 0.2) is 23.1 Å². The molecule has 0 radical (unpaired) electrons. The minimum atomic E-state index is -0.303. The lowest BCUT2D eigenvalue weighted by Gasteiger charge is -2.04. The van der Waals surface area contributed by atoms with E-state index >= 15 is 0 Å². The number of rotatable bonds is 2. The molecule has 0 saturated carbocycles. The molecule has 2 aromatic heterocycles. The third-order valence-corrected chi connectivity index (χ3v) is 2.53. The molecule has 7 heteroatoms. The van der Waals surface area contributed by atoms with Crippen molar-refractivity contribution >= 4 is 23.2 Å². The molecule has 5 nitrogen and oxygen atoms in total. The van der Waals surface area contributed by atoms with Gasteiger partial charge in [0, 0.05) is 18.8 Å². The first kappa shape index (κ1) is 12.0. The maximum absolute atomic E-state index is 11.4. The zero-order valence-corrected chi connectivity index (χ0v) is 10.1. The quantitative estimate of drug-likeness (QED) is 0.868. The molecule has 0 aliphatic rings. The number of hydrogen-bond donors (Lipinski definition) is 2. The molecule has 2 aromatic rings.